The van der Waals surface area contributed by atoms with Gasteiger partial charge in [0.25, 0.3) is 5.91 Å². The molecule has 150 valence electrons. The monoisotopic (exact) mass is 392 g/mol. The SMILES string of the molecule is C[C@H](NC(=O)c1ccnn1C1CCC1)c1nc(-c2ccnc(C3CCC3)c2)no1. The molecule has 0 bridgehead atoms. The second kappa shape index (κ2) is 7.42. The van der Waals surface area contributed by atoms with Crippen LogP contribution in [0.3, 0.4) is 0 Å². The van der Waals surface area contributed by atoms with E-state index < -0.39 is 6.04 Å². The van der Waals surface area contributed by atoms with Crippen molar-refractivity contribution in [1.29, 1.82) is 0 Å². The molecular weight excluding hydrogens is 368 g/mol. The molecule has 5 rings (SSSR count). The Hall–Kier alpha value is -3.03. The molecular formula is C21H24N6O2. The zero-order chi connectivity index (χ0) is 19.8. The highest BCUT2D eigenvalue weighted by Gasteiger charge is 2.26. The van der Waals surface area contributed by atoms with E-state index in [9.17, 15) is 4.79 Å². The van der Waals surface area contributed by atoms with E-state index in [-0.39, 0.29) is 5.91 Å². The van der Waals surface area contributed by atoms with Gasteiger partial charge < -0.3 is 9.84 Å². The molecule has 0 aromatic carbocycles. The van der Waals surface area contributed by atoms with Crippen molar-refractivity contribution in [2.45, 2.75) is 63.5 Å². The molecule has 3 aromatic heterocycles. The van der Waals surface area contributed by atoms with E-state index in [0.717, 1.165) is 24.1 Å². The van der Waals surface area contributed by atoms with Crippen LogP contribution in [0.5, 0.6) is 0 Å². The van der Waals surface area contributed by atoms with Crippen molar-refractivity contribution in [3.63, 3.8) is 0 Å². The van der Waals surface area contributed by atoms with Crippen LogP contribution >= 0.6 is 0 Å². The van der Waals surface area contributed by atoms with Crippen LogP contribution in [0.1, 0.15) is 85.5 Å². The van der Waals surface area contributed by atoms with Crippen LogP contribution in [0.15, 0.2) is 35.1 Å². The summed E-state index contributed by atoms with van der Waals surface area (Å²) in [7, 11) is 0. The fraction of sp³-hybridized carbons (Fsp3) is 0.476. The predicted octanol–water partition coefficient (Wildman–Crippen LogP) is 3.81. The van der Waals surface area contributed by atoms with Crippen molar-refractivity contribution in [2.75, 3.05) is 0 Å². The number of pyridine rings is 1. The number of carbonyl (C=O) groups excluding carboxylic acids is 1. The van der Waals surface area contributed by atoms with Crippen LogP contribution in [0.4, 0.5) is 0 Å². The highest BCUT2D eigenvalue weighted by atomic mass is 16.5. The maximum Gasteiger partial charge on any atom is 0.270 e. The lowest BCUT2D eigenvalue weighted by molar-refractivity contribution is 0.0914. The van der Waals surface area contributed by atoms with Crippen molar-refractivity contribution in [1.82, 2.24) is 30.2 Å². The smallest absolute Gasteiger partial charge is 0.270 e. The van der Waals surface area contributed by atoms with E-state index in [1.54, 1.807) is 18.5 Å². The Labute approximate surface area is 168 Å². The van der Waals surface area contributed by atoms with Gasteiger partial charge >= 0.3 is 0 Å². The van der Waals surface area contributed by atoms with Gasteiger partial charge in [0, 0.05) is 29.6 Å². The Kier molecular flexibility index (Phi) is 4.61. The van der Waals surface area contributed by atoms with Crippen molar-refractivity contribution >= 4 is 5.91 Å². The zero-order valence-electron chi connectivity index (χ0n) is 16.4. The van der Waals surface area contributed by atoms with E-state index in [4.69, 9.17) is 4.52 Å². The highest BCUT2D eigenvalue weighted by Crippen LogP contribution is 2.36. The zero-order valence-corrected chi connectivity index (χ0v) is 16.4. The van der Waals surface area contributed by atoms with Crippen LogP contribution in [0.2, 0.25) is 0 Å². The lowest BCUT2D eigenvalue weighted by Gasteiger charge is -2.27. The summed E-state index contributed by atoms with van der Waals surface area (Å²) in [6.45, 7) is 1.84. The summed E-state index contributed by atoms with van der Waals surface area (Å²) in [6, 6.07) is 5.60. The van der Waals surface area contributed by atoms with Gasteiger partial charge in [-0.2, -0.15) is 10.1 Å². The van der Waals surface area contributed by atoms with Gasteiger partial charge in [0.05, 0.1) is 6.04 Å². The molecule has 0 aliphatic heterocycles. The lowest BCUT2D eigenvalue weighted by atomic mass is 9.82. The number of aromatic nitrogens is 5. The molecule has 2 fully saturated rings. The molecule has 0 spiro atoms. The number of hydrogen-bond acceptors (Lipinski definition) is 6. The Morgan fingerprint density at radius 3 is 2.76 bits per heavy atom. The van der Waals surface area contributed by atoms with Gasteiger partial charge in [-0.1, -0.05) is 11.6 Å². The average Bonchev–Trinajstić information content (AvgIpc) is 3.29. The van der Waals surface area contributed by atoms with Crippen LogP contribution in [0, 0.1) is 0 Å². The second-order valence-electron chi connectivity index (χ2n) is 7.99. The highest BCUT2D eigenvalue weighted by molar-refractivity contribution is 5.92. The van der Waals surface area contributed by atoms with Gasteiger partial charge in [0.2, 0.25) is 11.7 Å². The van der Waals surface area contributed by atoms with Gasteiger partial charge in [-0.25, -0.2) is 0 Å². The van der Waals surface area contributed by atoms with Gasteiger partial charge in [-0.05, 0) is 57.2 Å². The molecule has 0 unspecified atom stereocenters. The molecule has 2 saturated carbocycles. The first-order chi connectivity index (χ1) is 14.2. The van der Waals surface area contributed by atoms with Gasteiger partial charge in [0.15, 0.2) is 0 Å². The quantitative estimate of drug-likeness (QED) is 0.685. The number of amides is 1. The van der Waals surface area contributed by atoms with E-state index in [2.05, 4.69) is 25.5 Å². The van der Waals surface area contributed by atoms with Crippen LogP contribution in [-0.2, 0) is 0 Å². The molecule has 3 aromatic rings. The molecule has 29 heavy (non-hydrogen) atoms. The number of carbonyl (C=O) groups is 1. The summed E-state index contributed by atoms with van der Waals surface area (Å²) < 4.78 is 7.25. The number of hydrogen-bond donors (Lipinski definition) is 1. The minimum atomic E-state index is -0.401. The van der Waals surface area contributed by atoms with E-state index in [1.165, 1.54) is 25.7 Å². The topological polar surface area (TPSA) is 98.7 Å². The van der Waals surface area contributed by atoms with Gasteiger partial charge in [0.1, 0.15) is 11.7 Å². The molecule has 1 atom stereocenters. The third-order valence-corrected chi connectivity index (χ3v) is 6.05. The van der Waals surface area contributed by atoms with Gasteiger partial charge in [-0.3, -0.25) is 14.5 Å². The Morgan fingerprint density at radius 1 is 1.21 bits per heavy atom. The van der Waals surface area contributed by atoms with E-state index in [0.29, 0.717) is 29.4 Å². The molecule has 0 radical (unpaired) electrons. The minimum absolute atomic E-state index is 0.183. The summed E-state index contributed by atoms with van der Waals surface area (Å²) in [4.78, 5) is 21.7. The van der Waals surface area contributed by atoms with Crippen LogP contribution in [0.25, 0.3) is 11.4 Å². The number of rotatable bonds is 6. The maximum absolute atomic E-state index is 12.7. The summed E-state index contributed by atoms with van der Waals surface area (Å²) >= 11 is 0. The summed E-state index contributed by atoms with van der Waals surface area (Å²) in [5.74, 6) is 1.26. The third-order valence-electron chi connectivity index (χ3n) is 6.05. The molecule has 8 nitrogen and oxygen atoms in total. The van der Waals surface area contributed by atoms with E-state index >= 15 is 0 Å². The van der Waals surface area contributed by atoms with Crippen LogP contribution in [-0.4, -0.2) is 30.8 Å². The van der Waals surface area contributed by atoms with Crippen molar-refractivity contribution in [3.05, 3.63) is 47.9 Å². The van der Waals surface area contributed by atoms with Crippen molar-refractivity contribution in [3.8, 4) is 11.4 Å². The Balaban J connectivity index is 1.29. The molecule has 2 aliphatic carbocycles. The Morgan fingerprint density at radius 2 is 2.03 bits per heavy atom. The first-order valence-corrected chi connectivity index (χ1v) is 10.3. The fourth-order valence-corrected chi connectivity index (χ4v) is 3.79. The third kappa shape index (κ3) is 3.43. The largest absolute Gasteiger partial charge is 0.339 e. The van der Waals surface area contributed by atoms with Crippen molar-refractivity contribution in [2.24, 2.45) is 0 Å². The average molecular weight is 392 g/mol. The van der Waals surface area contributed by atoms with Gasteiger partial charge in [-0.15, -0.1) is 0 Å². The minimum Gasteiger partial charge on any atom is -0.339 e. The Bertz CT molecular complexity index is 1020. The predicted molar refractivity (Wildman–Crippen MR) is 105 cm³/mol. The number of nitrogens with zero attached hydrogens (tertiary/aromatic N) is 5. The fourth-order valence-electron chi connectivity index (χ4n) is 3.79. The number of nitrogens with one attached hydrogen (secondary N) is 1. The molecule has 3 heterocycles. The summed E-state index contributed by atoms with van der Waals surface area (Å²) in [6.07, 6.45) is 10.4. The molecule has 2 aliphatic rings. The molecule has 8 heteroatoms. The standard InChI is InChI=1S/C21H24N6O2/c1-13(24-20(28)18-9-11-23-27(18)16-6-3-7-16)21-25-19(26-29-21)15-8-10-22-17(12-15)14-4-2-5-14/h8-14,16H,2-7H2,1H3,(H,24,28)/t13-/m0/s1. The maximum atomic E-state index is 12.7. The van der Waals surface area contributed by atoms with Crippen molar-refractivity contribution < 1.29 is 9.32 Å². The summed E-state index contributed by atoms with van der Waals surface area (Å²) in [5.41, 5.74) is 2.55. The second-order valence-corrected chi connectivity index (χ2v) is 7.99. The molecule has 1 amide bonds. The first kappa shape index (κ1) is 18.0. The molecule has 1 N–H and O–H groups in total. The summed E-state index contributed by atoms with van der Waals surface area (Å²) in [5, 5.41) is 11.4. The lowest BCUT2D eigenvalue weighted by Crippen LogP contribution is -2.31. The molecule has 0 saturated heterocycles. The van der Waals surface area contributed by atoms with Crippen LogP contribution < -0.4 is 5.32 Å². The van der Waals surface area contributed by atoms with E-state index in [1.807, 2.05) is 23.7 Å². The normalized spacial score (nSPS) is 18.1. The first-order valence-electron chi connectivity index (χ1n) is 10.3.